The summed E-state index contributed by atoms with van der Waals surface area (Å²) in [5.41, 5.74) is 2.40. The minimum Gasteiger partial charge on any atom is -0.496 e. The largest absolute Gasteiger partial charge is 0.496 e. The summed E-state index contributed by atoms with van der Waals surface area (Å²) in [7, 11) is 1.71. The van der Waals surface area contributed by atoms with Gasteiger partial charge in [-0.1, -0.05) is 25.5 Å². The van der Waals surface area contributed by atoms with Crippen LogP contribution in [0.2, 0.25) is 0 Å². The Balaban J connectivity index is 2.55. The van der Waals surface area contributed by atoms with Crippen LogP contribution >= 0.6 is 0 Å². The molecule has 0 bridgehead atoms. The highest BCUT2D eigenvalue weighted by Gasteiger charge is 2.07. The van der Waals surface area contributed by atoms with Crippen LogP contribution in [-0.4, -0.2) is 44.4 Å². The van der Waals surface area contributed by atoms with E-state index in [-0.39, 0.29) is 6.61 Å². The highest BCUT2D eigenvalue weighted by atomic mass is 16.5. The molecule has 5 nitrogen and oxygen atoms in total. The number of rotatable bonds is 11. The number of hydrogen-bond donors (Lipinski definition) is 3. The minimum absolute atomic E-state index is 0.236. The molecule has 0 saturated heterocycles. The predicted molar refractivity (Wildman–Crippen MR) is 106 cm³/mol. The van der Waals surface area contributed by atoms with Crippen LogP contribution in [0.1, 0.15) is 44.2 Å². The van der Waals surface area contributed by atoms with Gasteiger partial charge >= 0.3 is 0 Å². The summed E-state index contributed by atoms with van der Waals surface area (Å²) in [4.78, 5) is 4.69. The molecule has 0 aliphatic rings. The lowest BCUT2D eigenvalue weighted by molar-refractivity contribution is 0.253. The Labute approximate surface area is 152 Å². The average molecular weight is 350 g/mol. The topological polar surface area (TPSA) is 65.9 Å². The van der Waals surface area contributed by atoms with E-state index in [1.165, 1.54) is 5.56 Å². The van der Waals surface area contributed by atoms with Gasteiger partial charge in [-0.15, -0.1) is 0 Å². The van der Waals surface area contributed by atoms with E-state index in [0.29, 0.717) is 5.92 Å². The van der Waals surface area contributed by atoms with Gasteiger partial charge < -0.3 is 20.5 Å². The molecule has 25 heavy (non-hydrogen) atoms. The molecule has 0 radical (unpaired) electrons. The lowest BCUT2D eigenvalue weighted by Crippen LogP contribution is -2.38. The average Bonchev–Trinajstić information content (AvgIpc) is 2.61. The van der Waals surface area contributed by atoms with Gasteiger partial charge in [0.1, 0.15) is 5.75 Å². The molecule has 0 spiro atoms. The van der Waals surface area contributed by atoms with Crippen LogP contribution in [0.5, 0.6) is 5.75 Å². The van der Waals surface area contributed by atoms with Crippen molar-refractivity contribution in [2.24, 2.45) is 10.9 Å². The number of guanidine groups is 1. The van der Waals surface area contributed by atoms with Gasteiger partial charge in [-0.25, -0.2) is 0 Å². The second kappa shape index (κ2) is 12.6. The Hall–Kier alpha value is -1.75. The zero-order valence-electron chi connectivity index (χ0n) is 16.3. The van der Waals surface area contributed by atoms with Crippen molar-refractivity contribution >= 4 is 5.96 Å². The summed E-state index contributed by atoms with van der Waals surface area (Å²) in [6.45, 7) is 8.93. The Morgan fingerprint density at radius 1 is 1.24 bits per heavy atom. The lowest BCUT2D eigenvalue weighted by atomic mass is 10.0. The monoisotopic (exact) mass is 349 g/mol. The second-order valence-electron chi connectivity index (χ2n) is 6.37. The number of nitrogens with one attached hydrogen (secondary N) is 2. The van der Waals surface area contributed by atoms with Crippen molar-refractivity contribution in [2.75, 3.05) is 33.4 Å². The number of aryl methyl sites for hydroxylation is 1. The molecule has 0 saturated carbocycles. The van der Waals surface area contributed by atoms with Crippen molar-refractivity contribution in [1.29, 1.82) is 0 Å². The van der Waals surface area contributed by atoms with Crippen molar-refractivity contribution in [3.05, 3.63) is 29.3 Å². The number of ether oxygens (including phenoxy) is 1. The number of hydrogen-bond acceptors (Lipinski definition) is 3. The number of aliphatic imine (C=N–C) groups is 1. The molecule has 0 aliphatic heterocycles. The van der Waals surface area contributed by atoms with Gasteiger partial charge in [0, 0.05) is 26.2 Å². The first-order chi connectivity index (χ1) is 12.1. The fourth-order valence-electron chi connectivity index (χ4n) is 2.83. The van der Waals surface area contributed by atoms with Gasteiger partial charge in [0.2, 0.25) is 0 Å². The first-order valence-corrected chi connectivity index (χ1v) is 9.41. The Bertz CT molecular complexity index is 512. The Morgan fingerprint density at radius 3 is 2.68 bits per heavy atom. The first-order valence-electron chi connectivity index (χ1n) is 9.41. The summed E-state index contributed by atoms with van der Waals surface area (Å²) in [6, 6.07) is 6.33. The predicted octanol–water partition coefficient (Wildman–Crippen LogP) is 2.90. The molecule has 1 aromatic rings. The van der Waals surface area contributed by atoms with Gasteiger partial charge in [0.25, 0.3) is 0 Å². The van der Waals surface area contributed by atoms with Gasteiger partial charge in [-0.05, 0) is 56.2 Å². The van der Waals surface area contributed by atoms with E-state index in [0.717, 1.165) is 62.6 Å². The third-order valence-electron chi connectivity index (χ3n) is 4.26. The molecule has 1 rings (SSSR count). The Morgan fingerprint density at radius 2 is 2.04 bits per heavy atom. The van der Waals surface area contributed by atoms with E-state index in [9.17, 15) is 5.11 Å². The number of aliphatic hydroxyl groups excluding tert-OH is 1. The third-order valence-corrected chi connectivity index (χ3v) is 4.26. The van der Waals surface area contributed by atoms with Gasteiger partial charge in [-0.3, -0.25) is 4.99 Å². The second-order valence-corrected chi connectivity index (χ2v) is 6.37. The zero-order valence-corrected chi connectivity index (χ0v) is 16.3. The number of nitrogens with zero attached hydrogens (tertiary/aromatic N) is 1. The number of aliphatic hydroxyl groups is 1. The van der Waals surface area contributed by atoms with Crippen molar-refractivity contribution in [1.82, 2.24) is 10.6 Å². The maximum Gasteiger partial charge on any atom is 0.191 e. The molecule has 0 heterocycles. The molecule has 0 fully saturated rings. The summed E-state index contributed by atoms with van der Waals surface area (Å²) in [5.74, 6) is 2.23. The van der Waals surface area contributed by atoms with Crippen LogP contribution in [0.15, 0.2) is 23.2 Å². The van der Waals surface area contributed by atoms with Crippen LogP contribution < -0.4 is 15.4 Å². The summed E-state index contributed by atoms with van der Waals surface area (Å²) < 4.78 is 5.39. The molecular formula is C20H35N3O2. The molecule has 1 atom stereocenters. The molecule has 0 amide bonds. The van der Waals surface area contributed by atoms with Crippen molar-refractivity contribution in [3.8, 4) is 5.75 Å². The maximum atomic E-state index is 9.17. The molecule has 0 aliphatic carbocycles. The standard InChI is InChI=1S/C20H35N3O2/c1-5-7-18(11-13-24)15-23-20(21-6-2)22-12-10-17-9-8-16(3)19(14-17)25-4/h8-9,14,18,24H,5-7,10-13,15H2,1-4H3,(H2,21,22,23). The first kappa shape index (κ1) is 21.3. The highest BCUT2D eigenvalue weighted by Crippen LogP contribution is 2.19. The quantitative estimate of drug-likeness (QED) is 0.424. The van der Waals surface area contributed by atoms with Gasteiger partial charge in [0.05, 0.1) is 7.11 Å². The van der Waals surface area contributed by atoms with Crippen LogP contribution in [0, 0.1) is 12.8 Å². The molecule has 1 aromatic carbocycles. The third kappa shape index (κ3) is 8.25. The van der Waals surface area contributed by atoms with Crippen LogP contribution in [0.25, 0.3) is 0 Å². The molecule has 142 valence electrons. The summed E-state index contributed by atoms with van der Waals surface area (Å²) >= 11 is 0. The minimum atomic E-state index is 0.236. The number of benzene rings is 1. The lowest BCUT2D eigenvalue weighted by Gasteiger charge is -2.15. The van der Waals surface area contributed by atoms with Crippen molar-refractivity contribution in [2.45, 2.75) is 46.5 Å². The van der Waals surface area contributed by atoms with Crippen LogP contribution in [-0.2, 0) is 6.42 Å². The molecule has 3 N–H and O–H groups in total. The maximum absolute atomic E-state index is 9.17. The molecule has 5 heteroatoms. The van der Waals surface area contributed by atoms with E-state index in [2.05, 4.69) is 54.6 Å². The SMILES string of the molecule is CCCC(CCO)CN=C(NCC)NCCc1ccc(C)c(OC)c1. The molecule has 0 aromatic heterocycles. The fraction of sp³-hybridized carbons (Fsp3) is 0.650. The van der Waals surface area contributed by atoms with E-state index in [4.69, 9.17) is 4.74 Å². The van der Waals surface area contributed by atoms with Gasteiger partial charge in [-0.2, -0.15) is 0 Å². The van der Waals surface area contributed by atoms with E-state index in [1.54, 1.807) is 7.11 Å². The van der Waals surface area contributed by atoms with E-state index >= 15 is 0 Å². The number of methoxy groups -OCH3 is 1. The smallest absolute Gasteiger partial charge is 0.191 e. The van der Waals surface area contributed by atoms with E-state index in [1.807, 2.05) is 0 Å². The zero-order chi connectivity index (χ0) is 18.5. The molecular weight excluding hydrogens is 314 g/mol. The summed E-state index contributed by atoms with van der Waals surface area (Å²) in [6.07, 6.45) is 3.96. The van der Waals surface area contributed by atoms with Crippen LogP contribution in [0.3, 0.4) is 0 Å². The fourth-order valence-corrected chi connectivity index (χ4v) is 2.83. The normalized spacial score (nSPS) is 12.8. The van der Waals surface area contributed by atoms with Gasteiger partial charge in [0.15, 0.2) is 5.96 Å². The Kier molecular flexibility index (Phi) is 10.7. The highest BCUT2D eigenvalue weighted by molar-refractivity contribution is 5.79. The van der Waals surface area contributed by atoms with E-state index < -0.39 is 0 Å². The van der Waals surface area contributed by atoms with Crippen molar-refractivity contribution in [3.63, 3.8) is 0 Å². The van der Waals surface area contributed by atoms with Crippen molar-refractivity contribution < 1.29 is 9.84 Å². The summed E-state index contributed by atoms with van der Waals surface area (Å²) in [5, 5.41) is 15.9. The van der Waals surface area contributed by atoms with Crippen LogP contribution in [0.4, 0.5) is 0 Å². The molecule has 1 unspecified atom stereocenters.